The maximum Gasteiger partial charge on any atom is 0.342 e. The van der Waals surface area contributed by atoms with Gasteiger partial charge in [-0.2, -0.15) is 0 Å². The topological polar surface area (TPSA) is 37.3 Å². The fourth-order valence-electron chi connectivity index (χ4n) is 0.0373. The molecule has 2 nitrogen and oxygen atoms in total. The first-order valence-electron chi connectivity index (χ1n) is 1.41. The van der Waals surface area contributed by atoms with Crippen LogP contribution in [0.25, 0.3) is 0 Å². The van der Waals surface area contributed by atoms with Gasteiger partial charge in [-0.15, -0.1) is 12.8 Å². The van der Waals surface area contributed by atoms with E-state index in [4.69, 9.17) is 4.89 Å². The maximum absolute atomic E-state index is 10.0. The van der Waals surface area contributed by atoms with Gasteiger partial charge >= 0.3 is 7.37 Å². The van der Waals surface area contributed by atoms with Gasteiger partial charge in [0.1, 0.15) is 0 Å². The van der Waals surface area contributed by atoms with Gasteiger partial charge < -0.3 is 4.89 Å². The third kappa shape index (κ3) is 2.06. The Morgan fingerprint density at radius 1 is 1.43 bits per heavy atom. The van der Waals surface area contributed by atoms with Crippen molar-refractivity contribution in [3.63, 3.8) is 0 Å². The summed E-state index contributed by atoms with van der Waals surface area (Å²) in [6, 6.07) is 0. The zero-order valence-electron chi connectivity index (χ0n) is 3.46. The van der Waals surface area contributed by atoms with E-state index in [1.807, 2.05) is 0 Å². The minimum atomic E-state index is -3.60. The molecule has 0 unspecified atom stereocenters. The zero-order chi connectivity index (χ0) is 5.91. The normalized spacial score (nSPS) is 9.00. The summed E-state index contributed by atoms with van der Waals surface area (Å²) in [4.78, 5) is 8.22. The Morgan fingerprint density at radius 3 is 1.71 bits per heavy atom. The molecule has 0 atom stereocenters. The second-order valence-electron chi connectivity index (χ2n) is 0.834. The minimum absolute atomic E-state index is 1.57. The van der Waals surface area contributed by atoms with E-state index in [9.17, 15) is 4.57 Å². The van der Waals surface area contributed by atoms with Crippen molar-refractivity contribution in [3.05, 3.63) is 0 Å². The van der Waals surface area contributed by atoms with Gasteiger partial charge in [0.25, 0.3) is 0 Å². The lowest BCUT2D eigenvalue weighted by atomic mass is 11.4. The highest BCUT2D eigenvalue weighted by atomic mass is 31.2. The second-order valence-corrected chi connectivity index (χ2v) is 2.50. The molecule has 0 aliphatic rings. The SMILES string of the molecule is C#CP(=O)(O)C#C. The summed E-state index contributed by atoms with van der Waals surface area (Å²) in [5.74, 6) is 0. The highest BCUT2D eigenvalue weighted by molar-refractivity contribution is 7.68. The van der Waals surface area contributed by atoms with Crippen LogP contribution in [0.4, 0.5) is 0 Å². The first-order chi connectivity index (χ1) is 3.12. The molecule has 3 heteroatoms. The van der Waals surface area contributed by atoms with Crippen LogP contribution in [0.1, 0.15) is 0 Å². The van der Waals surface area contributed by atoms with Gasteiger partial charge in [-0.3, -0.25) is 4.57 Å². The predicted octanol–water partition coefficient (Wildman–Crippen LogP) is 0.438. The third-order valence-corrected chi connectivity index (χ3v) is 1.05. The molecule has 0 saturated heterocycles. The third-order valence-electron chi connectivity index (χ3n) is 0.350. The Kier molecular flexibility index (Phi) is 1.66. The molecule has 0 fully saturated rings. The summed E-state index contributed by atoms with van der Waals surface area (Å²) >= 11 is 0. The molecule has 0 rings (SSSR count). The molecule has 36 valence electrons. The van der Waals surface area contributed by atoms with Crippen LogP contribution in [-0.4, -0.2) is 4.89 Å². The zero-order valence-corrected chi connectivity index (χ0v) is 4.35. The van der Waals surface area contributed by atoms with Crippen molar-refractivity contribution < 1.29 is 9.46 Å². The van der Waals surface area contributed by atoms with Gasteiger partial charge in [0, 0.05) is 0 Å². The number of hydrogen-bond acceptors (Lipinski definition) is 1. The van der Waals surface area contributed by atoms with E-state index >= 15 is 0 Å². The molecule has 0 aromatic heterocycles. The van der Waals surface area contributed by atoms with Gasteiger partial charge in [-0.25, -0.2) is 0 Å². The van der Waals surface area contributed by atoms with E-state index in [-0.39, 0.29) is 0 Å². The molecule has 0 aromatic carbocycles. The van der Waals surface area contributed by atoms with Gasteiger partial charge in [0.2, 0.25) is 0 Å². The molecule has 0 aromatic rings. The van der Waals surface area contributed by atoms with Crippen LogP contribution in [0.15, 0.2) is 0 Å². The van der Waals surface area contributed by atoms with Gasteiger partial charge in [0.05, 0.1) is 0 Å². The van der Waals surface area contributed by atoms with Crippen molar-refractivity contribution in [2.45, 2.75) is 0 Å². The van der Waals surface area contributed by atoms with Crippen molar-refractivity contribution in [1.29, 1.82) is 0 Å². The molecule has 0 bridgehead atoms. The van der Waals surface area contributed by atoms with E-state index in [2.05, 4.69) is 12.8 Å². The predicted molar refractivity (Wildman–Crippen MR) is 27.5 cm³/mol. The van der Waals surface area contributed by atoms with Crippen LogP contribution in [0.2, 0.25) is 0 Å². The molecule has 7 heavy (non-hydrogen) atoms. The Balaban J connectivity index is 4.34. The lowest BCUT2D eigenvalue weighted by molar-refractivity contribution is 0.503. The summed E-state index contributed by atoms with van der Waals surface area (Å²) in [6.07, 6.45) is 9.02. The quantitative estimate of drug-likeness (QED) is 0.366. The highest BCUT2D eigenvalue weighted by Gasteiger charge is 2.04. The monoisotopic (exact) mass is 114 g/mol. The summed E-state index contributed by atoms with van der Waals surface area (Å²) < 4.78 is 10.0. The smallest absolute Gasteiger partial charge is 0.327 e. The average Bonchev–Trinajstić information content (AvgIpc) is 1.68. The molecule has 0 radical (unpaired) electrons. The largest absolute Gasteiger partial charge is 0.342 e. The van der Waals surface area contributed by atoms with E-state index in [0.29, 0.717) is 0 Å². The lowest BCUT2D eigenvalue weighted by Crippen LogP contribution is -1.62. The van der Waals surface area contributed by atoms with Crippen LogP contribution in [0.5, 0.6) is 0 Å². The highest BCUT2D eigenvalue weighted by Crippen LogP contribution is 2.35. The van der Waals surface area contributed by atoms with Crippen molar-refractivity contribution in [2.24, 2.45) is 0 Å². The lowest BCUT2D eigenvalue weighted by Gasteiger charge is -1.84. The van der Waals surface area contributed by atoms with Crippen molar-refractivity contribution in [3.8, 4) is 24.2 Å². The second kappa shape index (κ2) is 1.85. The fraction of sp³-hybridized carbons (Fsp3) is 0. The Labute approximate surface area is 42.0 Å². The summed E-state index contributed by atoms with van der Waals surface area (Å²) in [5, 5.41) is 0. The van der Waals surface area contributed by atoms with Crippen LogP contribution in [0, 0.1) is 24.2 Å². The molecular formula is C4H3O2P. The summed E-state index contributed by atoms with van der Waals surface area (Å²) in [5.41, 5.74) is 3.13. The van der Waals surface area contributed by atoms with Crippen LogP contribution < -0.4 is 0 Å². The fourth-order valence-corrected chi connectivity index (χ4v) is 0.112. The van der Waals surface area contributed by atoms with Crippen LogP contribution in [-0.2, 0) is 4.57 Å². The van der Waals surface area contributed by atoms with E-state index < -0.39 is 7.37 Å². The van der Waals surface area contributed by atoms with Crippen molar-refractivity contribution in [2.75, 3.05) is 0 Å². The maximum atomic E-state index is 10.0. The van der Waals surface area contributed by atoms with Gasteiger partial charge in [-0.1, -0.05) is 0 Å². The first-order valence-corrected chi connectivity index (χ1v) is 3.07. The minimum Gasteiger partial charge on any atom is -0.327 e. The van der Waals surface area contributed by atoms with Gasteiger partial charge in [0.15, 0.2) is 0 Å². The summed E-state index contributed by atoms with van der Waals surface area (Å²) in [7, 11) is -3.60. The Bertz CT molecular complexity index is 163. The average molecular weight is 114 g/mol. The molecule has 0 saturated carbocycles. The molecule has 0 heterocycles. The van der Waals surface area contributed by atoms with Crippen LogP contribution >= 0.6 is 7.37 Å². The number of hydrogen-bond donors (Lipinski definition) is 1. The number of terminal acetylenes is 2. The molecule has 0 amide bonds. The number of rotatable bonds is 0. The first kappa shape index (κ1) is 6.31. The molecule has 1 N–H and O–H groups in total. The van der Waals surface area contributed by atoms with E-state index in [0.717, 1.165) is 0 Å². The Hall–Kier alpha value is -0.690. The van der Waals surface area contributed by atoms with Crippen molar-refractivity contribution in [1.82, 2.24) is 0 Å². The standard InChI is InChI=1S/C4H3O2P/c1-3-7(5,6)4-2/h1-2H,(H,5,6). The summed E-state index contributed by atoms with van der Waals surface area (Å²) in [6.45, 7) is 0. The van der Waals surface area contributed by atoms with Crippen molar-refractivity contribution >= 4 is 7.37 Å². The van der Waals surface area contributed by atoms with E-state index in [1.54, 1.807) is 11.3 Å². The Morgan fingerprint density at radius 2 is 1.71 bits per heavy atom. The molecular weight excluding hydrogens is 111 g/mol. The van der Waals surface area contributed by atoms with E-state index in [1.165, 1.54) is 0 Å². The van der Waals surface area contributed by atoms with Gasteiger partial charge in [-0.05, 0) is 11.3 Å². The molecule has 0 aliphatic heterocycles. The molecule has 0 aliphatic carbocycles. The molecule has 0 spiro atoms. The van der Waals surface area contributed by atoms with Crippen LogP contribution in [0.3, 0.4) is 0 Å².